The summed E-state index contributed by atoms with van der Waals surface area (Å²) < 4.78 is 15.5. The lowest BCUT2D eigenvalue weighted by Gasteiger charge is -2.14. The van der Waals surface area contributed by atoms with E-state index >= 15 is 0 Å². The molecule has 142 valence electrons. The zero-order valence-electron chi connectivity index (χ0n) is 15.8. The van der Waals surface area contributed by atoms with Gasteiger partial charge in [-0.15, -0.1) is 5.10 Å². The molecule has 1 fully saturated rings. The largest absolute Gasteiger partial charge is 0.334 e. The van der Waals surface area contributed by atoms with Crippen LogP contribution in [0.25, 0.3) is 16.9 Å². The first-order valence-corrected chi connectivity index (χ1v) is 9.48. The molecule has 2 atom stereocenters. The number of carbonyl (C=O) groups is 1. The van der Waals surface area contributed by atoms with E-state index in [2.05, 4.69) is 22.2 Å². The van der Waals surface area contributed by atoms with Crippen molar-refractivity contribution in [2.75, 3.05) is 6.54 Å². The number of fused-ring (bicyclic) bond motifs is 1. The highest BCUT2D eigenvalue weighted by Gasteiger charge is 2.37. The van der Waals surface area contributed by atoms with Gasteiger partial charge in [-0.1, -0.05) is 18.2 Å². The smallest absolute Gasteiger partial charge is 0.254 e. The number of benzene rings is 1. The minimum absolute atomic E-state index is 0.110. The summed E-state index contributed by atoms with van der Waals surface area (Å²) >= 11 is 0. The number of carbonyl (C=O) groups excluding carboxylic acids is 1. The summed E-state index contributed by atoms with van der Waals surface area (Å²) in [6, 6.07) is 9.04. The van der Waals surface area contributed by atoms with Crippen molar-refractivity contribution in [3.05, 3.63) is 59.3 Å². The van der Waals surface area contributed by atoms with E-state index in [1.165, 1.54) is 17.3 Å². The van der Waals surface area contributed by atoms with E-state index in [1.54, 1.807) is 12.1 Å². The molecule has 1 aliphatic heterocycles. The van der Waals surface area contributed by atoms with Gasteiger partial charge in [0.1, 0.15) is 11.4 Å². The van der Waals surface area contributed by atoms with E-state index in [0.717, 1.165) is 34.8 Å². The fourth-order valence-electron chi connectivity index (χ4n) is 3.97. The third-order valence-corrected chi connectivity index (χ3v) is 5.85. The van der Waals surface area contributed by atoms with Gasteiger partial charge in [0.2, 0.25) is 5.95 Å². The zero-order valence-corrected chi connectivity index (χ0v) is 15.8. The number of pyridine rings is 1. The highest BCUT2D eigenvalue weighted by atomic mass is 19.1. The Kier molecular flexibility index (Phi) is 3.79. The summed E-state index contributed by atoms with van der Waals surface area (Å²) in [7, 11) is 0. The first-order valence-electron chi connectivity index (χ1n) is 9.48. The Morgan fingerprint density at radius 3 is 2.86 bits per heavy atom. The average Bonchev–Trinajstić information content (AvgIpc) is 3.10. The highest BCUT2D eigenvalue weighted by Crippen LogP contribution is 2.40. The summed E-state index contributed by atoms with van der Waals surface area (Å²) in [4.78, 5) is 18.3. The number of nitrogens with zero attached hydrogens (tertiary/aromatic N) is 5. The Hall–Kier alpha value is -3.09. The average molecular weight is 377 g/mol. The van der Waals surface area contributed by atoms with Crippen molar-refractivity contribution in [2.24, 2.45) is 11.8 Å². The van der Waals surface area contributed by atoms with Gasteiger partial charge in [-0.25, -0.2) is 9.67 Å². The number of aromatic nitrogens is 4. The maximum atomic E-state index is 14.0. The van der Waals surface area contributed by atoms with Crippen LogP contribution in [0.4, 0.5) is 4.39 Å². The molecular weight excluding hydrogens is 357 g/mol. The van der Waals surface area contributed by atoms with Gasteiger partial charge in [0.15, 0.2) is 0 Å². The molecule has 1 aromatic carbocycles. The van der Waals surface area contributed by atoms with E-state index in [1.807, 2.05) is 30.0 Å². The molecule has 5 rings (SSSR count). The lowest BCUT2D eigenvalue weighted by molar-refractivity contribution is 0.0769. The van der Waals surface area contributed by atoms with Crippen LogP contribution in [0.3, 0.4) is 0 Å². The first kappa shape index (κ1) is 17.0. The maximum Gasteiger partial charge on any atom is 0.254 e. The predicted octanol–water partition coefficient (Wildman–Crippen LogP) is 3.39. The van der Waals surface area contributed by atoms with Crippen LogP contribution in [0, 0.1) is 24.7 Å². The third-order valence-electron chi connectivity index (χ3n) is 5.85. The van der Waals surface area contributed by atoms with Crippen LogP contribution in [0.2, 0.25) is 0 Å². The van der Waals surface area contributed by atoms with E-state index < -0.39 is 5.95 Å². The predicted molar refractivity (Wildman–Crippen MR) is 101 cm³/mol. The normalized spacial score (nSPS) is 20.5. The highest BCUT2D eigenvalue weighted by molar-refractivity contribution is 5.99. The molecule has 1 saturated carbocycles. The summed E-state index contributed by atoms with van der Waals surface area (Å²) in [5.41, 5.74) is 4.31. The van der Waals surface area contributed by atoms with Crippen LogP contribution < -0.4 is 0 Å². The van der Waals surface area contributed by atoms with Gasteiger partial charge in [0, 0.05) is 30.4 Å². The Labute approximate surface area is 162 Å². The summed E-state index contributed by atoms with van der Waals surface area (Å²) in [5, 5.41) is 8.37. The van der Waals surface area contributed by atoms with Gasteiger partial charge in [0.25, 0.3) is 5.91 Å². The van der Waals surface area contributed by atoms with Gasteiger partial charge < -0.3 is 4.90 Å². The molecule has 0 spiro atoms. The Morgan fingerprint density at radius 1 is 1.29 bits per heavy atom. The molecule has 6 nitrogen and oxygen atoms in total. The molecule has 28 heavy (non-hydrogen) atoms. The fourth-order valence-corrected chi connectivity index (χ4v) is 3.97. The minimum atomic E-state index is -0.591. The van der Waals surface area contributed by atoms with Crippen molar-refractivity contribution in [2.45, 2.75) is 26.8 Å². The molecular formula is C21H20FN5O. The molecule has 2 aromatic heterocycles. The molecule has 0 radical (unpaired) electrons. The topological polar surface area (TPSA) is 63.9 Å². The van der Waals surface area contributed by atoms with Crippen molar-refractivity contribution in [1.29, 1.82) is 0 Å². The SMILES string of the molecule is Cc1c(-c2ccc3c(c2)CN(CC2CC2C)C3=O)nnn1-c1cccnc1F. The van der Waals surface area contributed by atoms with Crippen LogP contribution >= 0.6 is 0 Å². The number of halogens is 1. The van der Waals surface area contributed by atoms with E-state index in [-0.39, 0.29) is 11.6 Å². The Morgan fingerprint density at radius 2 is 2.11 bits per heavy atom. The number of amides is 1. The maximum absolute atomic E-state index is 14.0. The third kappa shape index (κ3) is 2.69. The standard InChI is InChI=1S/C21H20FN5O/c1-12-8-15(12)10-26-11-16-9-14(5-6-17(16)21(26)28)19-13(2)27(25-24-19)18-4-3-7-23-20(18)22/h3-7,9,12,15H,8,10-11H2,1-2H3. The molecule has 1 amide bonds. The van der Waals surface area contributed by atoms with Gasteiger partial charge in [-0.05, 0) is 55.0 Å². The minimum Gasteiger partial charge on any atom is -0.334 e. The zero-order chi connectivity index (χ0) is 19.4. The fraction of sp³-hybridized carbons (Fsp3) is 0.333. The van der Waals surface area contributed by atoms with Crippen LogP contribution in [0.1, 0.15) is 35.0 Å². The second kappa shape index (κ2) is 6.22. The molecule has 1 aliphatic carbocycles. The van der Waals surface area contributed by atoms with Crippen molar-refractivity contribution in [3.63, 3.8) is 0 Å². The van der Waals surface area contributed by atoms with E-state index in [0.29, 0.717) is 18.2 Å². The second-order valence-corrected chi connectivity index (χ2v) is 7.78. The van der Waals surface area contributed by atoms with Crippen molar-refractivity contribution in [1.82, 2.24) is 24.9 Å². The van der Waals surface area contributed by atoms with Crippen molar-refractivity contribution >= 4 is 5.91 Å². The molecule has 0 saturated heterocycles. The molecule has 3 aromatic rings. The first-order chi connectivity index (χ1) is 13.5. The Balaban J connectivity index is 1.46. The van der Waals surface area contributed by atoms with Gasteiger partial charge in [-0.2, -0.15) is 4.39 Å². The summed E-state index contributed by atoms with van der Waals surface area (Å²) in [6.45, 7) is 5.55. The molecule has 0 bridgehead atoms. The second-order valence-electron chi connectivity index (χ2n) is 7.78. The number of rotatable bonds is 4. The van der Waals surface area contributed by atoms with E-state index in [4.69, 9.17) is 0 Å². The molecule has 7 heteroatoms. The monoisotopic (exact) mass is 377 g/mol. The number of hydrogen-bond donors (Lipinski definition) is 0. The lowest BCUT2D eigenvalue weighted by atomic mass is 10.0. The van der Waals surface area contributed by atoms with Crippen LogP contribution in [0.15, 0.2) is 36.5 Å². The summed E-state index contributed by atoms with van der Waals surface area (Å²) in [5.74, 6) is 0.872. The lowest BCUT2D eigenvalue weighted by Crippen LogP contribution is -2.26. The van der Waals surface area contributed by atoms with Gasteiger partial charge in [0.05, 0.1) is 5.69 Å². The molecule has 2 unspecified atom stereocenters. The quantitative estimate of drug-likeness (QED) is 0.654. The molecule has 2 aliphatic rings. The number of hydrogen-bond acceptors (Lipinski definition) is 4. The summed E-state index contributed by atoms with van der Waals surface area (Å²) in [6.07, 6.45) is 2.61. The molecule has 3 heterocycles. The van der Waals surface area contributed by atoms with Crippen LogP contribution in [-0.4, -0.2) is 37.3 Å². The van der Waals surface area contributed by atoms with Crippen molar-refractivity contribution in [3.8, 4) is 16.9 Å². The Bertz CT molecular complexity index is 1090. The molecule has 0 N–H and O–H groups in total. The van der Waals surface area contributed by atoms with Gasteiger partial charge in [-0.3, -0.25) is 4.79 Å². The van der Waals surface area contributed by atoms with E-state index in [9.17, 15) is 9.18 Å². The van der Waals surface area contributed by atoms with Crippen LogP contribution in [-0.2, 0) is 6.54 Å². The van der Waals surface area contributed by atoms with Gasteiger partial charge >= 0.3 is 0 Å². The van der Waals surface area contributed by atoms with Crippen molar-refractivity contribution < 1.29 is 9.18 Å². The van der Waals surface area contributed by atoms with Crippen LogP contribution in [0.5, 0.6) is 0 Å².